The zero-order valence-electron chi connectivity index (χ0n) is 18.1. The molecule has 0 spiro atoms. The lowest BCUT2D eigenvalue weighted by Gasteiger charge is -2.18. The highest BCUT2D eigenvalue weighted by Gasteiger charge is 2.25. The maximum atomic E-state index is 13.5. The number of fused-ring (bicyclic) bond motifs is 4. The van der Waals surface area contributed by atoms with Gasteiger partial charge in [0, 0.05) is 11.4 Å². The Hall–Kier alpha value is -2.71. The smallest absolute Gasteiger partial charge is 0.263 e. The Morgan fingerprint density at radius 3 is 2.97 bits per heavy atom. The second-order valence-electron chi connectivity index (χ2n) is 8.36. The maximum absolute atomic E-state index is 13.5. The van der Waals surface area contributed by atoms with E-state index in [0.29, 0.717) is 34.3 Å². The molecule has 1 aliphatic carbocycles. The quantitative estimate of drug-likeness (QED) is 0.259. The van der Waals surface area contributed by atoms with Crippen molar-refractivity contribution in [2.24, 2.45) is 5.92 Å². The van der Waals surface area contributed by atoms with Gasteiger partial charge in [0.05, 0.1) is 21.5 Å². The van der Waals surface area contributed by atoms with E-state index in [9.17, 15) is 9.59 Å². The minimum Gasteiger partial charge on any atom is -0.309 e. The number of benzene rings is 1. The number of aryl methyl sites for hydroxylation is 1. The number of thioether (sulfide) groups is 1. The fraction of sp³-hybridized carbons (Fsp3) is 0.333. The molecule has 2 unspecified atom stereocenters. The van der Waals surface area contributed by atoms with E-state index in [1.165, 1.54) is 22.2 Å². The summed E-state index contributed by atoms with van der Waals surface area (Å²) in [5, 5.41) is 1.77. The van der Waals surface area contributed by atoms with Crippen molar-refractivity contribution < 1.29 is 0 Å². The number of allylic oxidation sites excluding steroid dienone is 1. The lowest BCUT2D eigenvalue weighted by molar-refractivity contribution is 0.509. The van der Waals surface area contributed by atoms with Gasteiger partial charge in [0.1, 0.15) is 10.7 Å². The molecule has 3 heterocycles. The molecule has 0 saturated heterocycles. The third kappa shape index (κ3) is 3.61. The molecule has 5 rings (SSSR count). The summed E-state index contributed by atoms with van der Waals surface area (Å²) < 4.78 is 1.70. The highest BCUT2D eigenvalue weighted by atomic mass is 32.2. The van der Waals surface area contributed by atoms with E-state index >= 15 is 0 Å². The first kappa shape index (κ1) is 21.2. The minimum atomic E-state index is -0.192. The number of nitrogens with zero attached hydrogens (tertiary/aromatic N) is 3. The van der Waals surface area contributed by atoms with E-state index in [-0.39, 0.29) is 16.4 Å². The van der Waals surface area contributed by atoms with Gasteiger partial charge in [0.2, 0.25) is 0 Å². The third-order valence-corrected chi connectivity index (χ3v) is 8.24. The molecule has 0 radical (unpaired) electrons. The summed E-state index contributed by atoms with van der Waals surface area (Å²) in [5.74, 6) is 1.20. The monoisotopic (exact) mass is 464 g/mol. The molecular weight excluding hydrogens is 440 g/mol. The zero-order chi connectivity index (χ0) is 22.4. The number of nitrogens with one attached hydrogen (secondary N) is 1. The molecule has 1 aromatic carbocycles. The number of H-pyrrole nitrogens is 1. The SMILES string of the molecule is C=CCn1c(SC(C)c2nc3ccccc3c(=O)[nH]2)nc2sc3c(c2c1=O)CCC(C)C3. The van der Waals surface area contributed by atoms with Gasteiger partial charge in [-0.3, -0.25) is 14.2 Å². The number of hydrogen-bond donors (Lipinski definition) is 1. The molecule has 1 N–H and O–H groups in total. The van der Waals surface area contributed by atoms with E-state index in [2.05, 4.69) is 23.5 Å². The van der Waals surface area contributed by atoms with Crippen LogP contribution in [-0.4, -0.2) is 19.5 Å². The van der Waals surface area contributed by atoms with E-state index in [4.69, 9.17) is 4.98 Å². The molecule has 32 heavy (non-hydrogen) atoms. The van der Waals surface area contributed by atoms with Gasteiger partial charge in [-0.05, 0) is 49.8 Å². The normalized spacial score (nSPS) is 16.9. The summed E-state index contributed by atoms with van der Waals surface area (Å²) in [4.78, 5) is 40.6. The maximum Gasteiger partial charge on any atom is 0.263 e. The van der Waals surface area contributed by atoms with Gasteiger partial charge in [-0.1, -0.05) is 36.9 Å². The second-order valence-corrected chi connectivity index (χ2v) is 10.8. The topological polar surface area (TPSA) is 80.6 Å². The molecule has 0 saturated carbocycles. The average Bonchev–Trinajstić information content (AvgIpc) is 3.13. The molecule has 0 fully saturated rings. The van der Waals surface area contributed by atoms with E-state index in [0.717, 1.165) is 29.5 Å². The van der Waals surface area contributed by atoms with Crippen molar-refractivity contribution in [1.29, 1.82) is 0 Å². The summed E-state index contributed by atoms with van der Waals surface area (Å²) in [6.07, 6.45) is 4.78. The Kier molecular flexibility index (Phi) is 5.51. The van der Waals surface area contributed by atoms with Crippen molar-refractivity contribution >= 4 is 44.2 Å². The first-order valence-electron chi connectivity index (χ1n) is 10.8. The predicted octanol–water partition coefficient (Wildman–Crippen LogP) is 4.86. The van der Waals surface area contributed by atoms with Crippen LogP contribution in [-0.2, 0) is 19.4 Å². The third-order valence-electron chi connectivity index (χ3n) is 5.99. The molecule has 4 aromatic rings. The van der Waals surface area contributed by atoms with Crippen molar-refractivity contribution in [3.05, 3.63) is 73.9 Å². The van der Waals surface area contributed by atoms with Crippen LogP contribution >= 0.6 is 23.1 Å². The molecule has 164 valence electrons. The average molecular weight is 465 g/mol. The fourth-order valence-corrected chi connectivity index (χ4v) is 6.69. The molecule has 1 aliphatic rings. The lowest BCUT2D eigenvalue weighted by Crippen LogP contribution is -2.24. The van der Waals surface area contributed by atoms with Crippen LogP contribution in [0.5, 0.6) is 0 Å². The summed E-state index contributed by atoms with van der Waals surface area (Å²) in [6, 6.07) is 7.29. The van der Waals surface area contributed by atoms with Crippen molar-refractivity contribution in [3.63, 3.8) is 0 Å². The van der Waals surface area contributed by atoms with Gasteiger partial charge >= 0.3 is 0 Å². The molecule has 0 bridgehead atoms. The predicted molar refractivity (Wildman–Crippen MR) is 132 cm³/mol. The van der Waals surface area contributed by atoms with Crippen LogP contribution in [0.1, 0.15) is 41.8 Å². The van der Waals surface area contributed by atoms with Crippen LogP contribution < -0.4 is 11.1 Å². The summed E-state index contributed by atoms with van der Waals surface area (Å²) in [7, 11) is 0. The Balaban J connectivity index is 1.59. The Labute approximate surface area is 193 Å². The fourth-order valence-electron chi connectivity index (χ4n) is 4.30. The van der Waals surface area contributed by atoms with Crippen LogP contribution in [0.15, 0.2) is 51.7 Å². The summed E-state index contributed by atoms with van der Waals surface area (Å²) >= 11 is 3.08. The highest BCUT2D eigenvalue weighted by molar-refractivity contribution is 7.99. The second kappa shape index (κ2) is 8.33. The number of aromatic nitrogens is 4. The Bertz CT molecular complexity index is 1470. The van der Waals surface area contributed by atoms with Gasteiger partial charge in [0.25, 0.3) is 11.1 Å². The summed E-state index contributed by atoms with van der Waals surface area (Å²) in [6.45, 7) is 8.45. The molecule has 0 amide bonds. The first-order chi connectivity index (χ1) is 15.5. The van der Waals surface area contributed by atoms with E-state index < -0.39 is 0 Å². The van der Waals surface area contributed by atoms with Crippen LogP contribution in [0.2, 0.25) is 0 Å². The van der Waals surface area contributed by atoms with E-state index in [1.54, 1.807) is 28.0 Å². The van der Waals surface area contributed by atoms with Crippen molar-refractivity contribution in [2.75, 3.05) is 0 Å². The largest absolute Gasteiger partial charge is 0.309 e. The minimum absolute atomic E-state index is 0.00313. The molecule has 0 aliphatic heterocycles. The van der Waals surface area contributed by atoms with Gasteiger partial charge in [-0.15, -0.1) is 17.9 Å². The number of para-hydroxylation sites is 1. The van der Waals surface area contributed by atoms with Crippen LogP contribution in [0.4, 0.5) is 0 Å². The van der Waals surface area contributed by atoms with Gasteiger partial charge in [-0.2, -0.15) is 0 Å². The van der Waals surface area contributed by atoms with Crippen molar-refractivity contribution in [3.8, 4) is 0 Å². The van der Waals surface area contributed by atoms with Crippen molar-refractivity contribution in [2.45, 2.75) is 50.1 Å². The zero-order valence-corrected chi connectivity index (χ0v) is 19.7. The van der Waals surface area contributed by atoms with Gasteiger partial charge in [-0.25, -0.2) is 9.97 Å². The molecule has 8 heteroatoms. The number of rotatable bonds is 5. The lowest BCUT2D eigenvalue weighted by atomic mass is 9.89. The van der Waals surface area contributed by atoms with Gasteiger partial charge < -0.3 is 4.98 Å². The van der Waals surface area contributed by atoms with Crippen LogP contribution in [0, 0.1) is 5.92 Å². The van der Waals surface area contributed by atoms with Crippen LogP contribution in [0.3, 0.4) is 0 Å². The van der Waals surface area contributed by atoms with Crippen molar-refractivity contribution in [1.82, 2.24) is 19.5 Å². The number of thiophene rings is 1. The number of aromatic amines is 1. The summed E-state index contributed by atoms with van der Waals surface area (Å²) in [5.41, 5.74) is 1.68. The highest BCUT2D eigenvalue weighted by Crippen LogP contribution is 2.38. The number of hydrogen-bond acceptors (Lipinski definition) is 6. The molecule has 3 aromatic heterocycles. The Morgan fingerprint density at radius 2 is 2.16 bits per heavy atom. The Morgan fingerprint density at radius 1 is 1.34 bits per heavy atom. The standard InChI is InChI=1S/C24H24N4O2S2/c1-4-11-28-23(30)19-16-10-9-13(2)12-18(16)32-22(19)27-24(28)31-14(3)20-25-17-8-6-5-7-15(17)21(29)26-20/h4-8,13-14H,1,9-12H2,2-3H3,(H,25,26,29). The first-order valence-corrected chi connectivity index (χ1v) is 12.5. The molecule has 2 atom stereocenters. The van der Waals surface area contributed by atoms with Gasteiger partial charge in [0.15, 0.2) is 5.16 Å². The molecule has 6 nitrogen and oxygen atoms in total. The van der Waals surface area contributed by atoms with E-state index in [1.807, 2.05) is 25.1 Å². The van der Waals surface area contributed by atoms with Crippen LogP contribution in [0.25, 0.3) is 21.1 Å². The molecular formula is C24H24N4O2S2.